The standard InChI is InChI=1S/C46H60O6P2/c1-27-19-31(39(35(23-27)43(5,6)7)49-53-47-17-18-48-53)32-20-28(2)24-36(44(8,9)10)40(32)50-54-51-41-33(21-29(3)25-37(41)45(11,12)13)34-22-30(4)26-38(42(34)52-54)46(14,15)16/h19-26H,17-18H2,1-16H3. The Balaban J connectivity index is 1.76. The third-order valence-corrected chi connectivity index (χ3v) is 12.0. The van der Waals surface area contributed by atoms with E-state index in [0.29, 0.717) is 13.2 Å². The lowest BCUT2D eigenvalue weighted by molar-refractivity contribution is 0.350. The van der Waals surface area contributed by atoms with Gasteiger partial charge in [0.15, 0.2) is 0 Å². The van der Waals surface area contributed by atoms with Gasteiger partial charge in [0.25, 0.3) is 0 Å². The lowest BCUT2D eigenvalue weighted by Crippen LogP contribution is -2.15. The van der Waals surface area contributed by atoms with E-state index in [-0.39, 0.29) is 21.7 Å². The van der Waals surface area contributed by atoms with Crippen molar-refractivity contribution in [1.82, 2.24) is 0 Å². The van der Waals surface area contributed by atoms with E-state index in [9.17, 15) is 0 Å². The van der Waals surface area contributed by atoms with Crippen molar-refractivity contribution < 1.29 is 26.5 Å². The van der Waals surface area contributed by atoms with Crippen molar-refractivity contribution >= 4 is 38.8 Å². The molecule has 54 heavy (non-hydrogen) atoms. The molecule has 1 saturated heterocycles. The Morgan fingerprint density at radius 3 is 1.15 bits per heavy atom. The lowest BCUT2D eigenvalue weighted by Gasteiger charge is -2.29. The van der Waals surface area contributed by atoms with E-state index in [1.54, 1.807) is 0 Å². The fraction of sp³-hybridized carbons (Fsp3) is 0.478. The third-order valence-electron chi connectivity index (χ3n) is 9.89. The molecule has 6 nitrogen and oxygen atoms in total. The van der Waals surface area contributed by atoms with Crippen molar-refractivity contribution in [3.8, 4) is 22.6 Å². The Morgan fingerprint density at radius 1 is 0.444 bits per heavy atom. The first-order valence-corrected chi connectivity index (χ1v) is 21.3. The first-order valence-electron chi connectivity index (χ1n) is 19.1. The summed E-state index contributed by atoms with van der Waals surface area (Å²) in [5, 5.41) is 2.06. The molecular weight excluding hydrogens is 710 g/mol. The fourth-order valence-corrected chi connectivity index (χ4v) is 9.30. The van der Waals surface area contributed by atoms with Crippen LogP contribution in [-0.4, -0.2) is 13.2 Å². The van der Waals surface area contributed by atoms with Crippen LogP contribution in [0.2, 0.25) is 0 Å². The molecule has 4 aromatic carbocycles. The molecule has 0 amide bonds. The molecule has 0 radical (unpaired) electrons. The summed E-state index contributed by atoms with van der Waals surface area (Å²) >= 11 is 0. The molecule has 0 N–H and O–H groups in total. The van der Waals surface area contributed by atoms with Crippen molar-refractivity contribution in [2.75, 3.05) is 13.2 Å². The van der Waals surface area contributed by atoms with E-state index in [1.165, 1.54) is 11.1 Å². The Kier molecular flexibility index (Phi) is 10.7. The fourth-order valence-electron chi connectivity index (χ4n) is 7.18. The number of aryl methyl sites for hydroxylation is 4. The zero-order valence-corrected chi connectivity index (χ0v) is 37.2. The zero-order chi connectivity index (χ0) is 39.7. The molecule has 5 aromatic rings. The van der Waals surface area contributed by atoms with Crippen LogP contribution in [0.3, 0.4) is 0 Å². The van der Waals surface area contributed by atoms with Crippen LogP contribution in [0.15, 0.2) is 56.9 Å². The molecule has 6 rings (SSSR count). The molecule has 290 valence electrons. The van der Waals surface area contributed by atoms with Crippen LogP contribution in [0, 0.1) is 27.7 Å². The molecule has 0 aliphatic carbocycles. The highest BCUT2D eigenvalue weighted by Gasteiger charge is 2.33. The van der Waals surface area contributed by atoms with Crippen LogP contribution in [0.5, 0.6) is 11.5 Å². The predicted molar refractivity (Wildman–Crippen MR) is 227 cm³/mol. The SMILES string of the molecule is Cc1cc(-c2cc(C)cc(C(C)(C)C)c2Op2oc3c(C(C)(C)C)cc(C)cc3c3cc(C)cc(C(C)(C)C)c3o2)c(OP2OCCO2)c(C(C)(C)C)c1. The Bertz CT molecular complexity index is 2180. The molecule has 0 unspecified atom stereocenters. The topological polar surface area (TPSA) is 63.2 Å². The van der Waals surface area contributed by atoms with Gasteiger partial charge in [-0.05, 0) is 95.9 Å². The minimum absolute atomic E-state index is 0.201. The van der Waals surface area contributed by atoms with E-state index in [4.69, 9.17) is 26.5 Å². The maximum atomic E-state index is 7.34. The first-order chi connectivity index (χ1) is 24.9. The van der Waals surface area contributed by atoms with E-state index < -0.39 is 16.8 Å². The van der Waals surface area contributed by atoms with Gasteiger partial charge in [0.05, 0.1) is 13.2 Å². The average molecular weight is 771 g/mol. The molecule has 0 saturated carbocycles. The number of hydrogen-bond acceptors (Lipinski definition) is 6. The highest BCUT2D eigenvalue weighted by Crippen LogP contribution is 2.54. The quantitative estimate of drug-likeness (QED) is 0.166. The van der Waals surface area contributed by atoms with Crippen molar-refractivity contribution in [1.29, 1.82) is 0 Å². The average Bonchev–Trinajstić information content (AvgIpc) is 3.49. The number of hydrogen-bond donors (Lipinski definition) is 0. The predicted octanol–water partition coefficient (Wildman–Crippen LogP) is 14.9. The van der Waals surface area contributed by atoms with Gasteiger partial charge in [0, 0.05) is 44.2 Å². The van der Waals surface area contributed by atoms with Gasteiger partial charge in [-0.15, -0.1) is 0 Å². The van der Waals surface area contributed by atoms with Crippen LogP contribution in [-0.2, 0) is 30.7 Å². The second-order valence-electron chi connectivity index (χ2n) is 19.2. The molecular formula is C46H60O6P2. The maximum absolute atomic E-state index is 7.34. The first kappa shape index (κ1) is 40.4. The van der Waals surface area contributed by atoms with Gasteiger partial charge in [-0.3, -0.25) is 0 Å². The Hall–Kier alpha value is -3.27. The van der Waals surface area contributed by atoms with Gasteiger partial charge in [0.1, 0.15) is 22.7 Å². The third kappa shape index (κ3) is 8.29. The Labute approximate surface area is 325 Å². The molecule has 2 heterocycles. The summed E-state index contributed by atoms with van der Waals surface area (Å²) in [5.74, 6) is 1.47. The molecule has 1 fully saturated rings. The monoisotopic (exact) mass is 770 g/mol. The molecule has 1 aromatic heterocycles. The second kappa shape index (κ2) is 14.3. The molecule has 0 spiro atoms. The van der Waals surface area contributed by atoms with Crippen LogP contribution in [0.4, 0.5) is 0 Å². The summed E-state index contributed by atoms with van der Waals surface area (Å²) in [6, 6.07) is 17.8. The maximum Gasteiger partial charge on any atom is 0.453 e. The van der Waals surface area contributed by atoms with Crippen LogP contribution < -0.4 is 9.05 Å². The summed E-state index contributed by atoms with van der Waals surface area (Å²) < 4.78 is 40.2. The van der Waals surface area contributed by atoms with Gasteiger partial charge in [0.2, 0.25) is 0 Å². The van der Waals surface area contributed by atoms with E-state index in [2.05, 4.69) is 159 Å². The highest BCUT2D eigenvalue weighted by atomic mass is 31.2. The summed E-state index contributed by atoms with van der Waals surface area (Å²) in [5.41, 5.74) is 11.5. The Morgan fingerprint density at radius 2 is 0.778 bits per heavy atom. The summed E-state index contributed by atoms with van der Waals surface area (Å²) in [6.45, 7) is 36.3. The smallest absolute Gasteiger partial charge is 0.426 e. The van der Waals surface area contributed by atoms with Gasteiger partial charge >= 0.3 is 16.8 Å². The largest absolute Gasteiger partial charge is 0.453 e. The highest BCUT2D eigenvalue weighted by molar-refractivity contribution is 7.42. The van der Waals surface area contributed by atoms with Crippen LogP contribution in [0.25, 0.3) is 33.1 Å². The second-order valence-corrected chi connectivity index (χ2v) is 21.4. The molecule has 1 aliphatic rings. The van der Waals surface area contributed by atoms with Crippen LogP contribution >= 0.6 is 16.8 Å². The van der Waals surface area contributed by atoms with Gasteiger partial charge in [-0.2, -0.15) is 0 Å². The van der Waals surface area contributed by atoms with Crippen molar-refractivity contribution in [2.45, 2.75) is 132 Å². The molecule has 0 bridgehead atoms. The van der Waals surface area contributed by atoms with E-state index in [1.807, 2.05) is 0 Å². The van der Waals surface area contributed by atoms with E-state index >= 15 is 0 Å². The summed E-state index contributed by atoms with van der Waals surface area (Å²) in [6.07, 6.45) is 0. The summed E-state index contributed by atoms with van der Waals surface area (Å²) in [7, 11) is -3.57. The number of benzene rings is 4. The van der Waals surface area contributed by atoms with Gasteiger partial charge in [-0.25, -0.2) is 0 Å². The van der Waals surface area contributed by atoms with Crippen molar-refractivity contribution in [3.05, 3.63) is 93.0 Å². The molecule has 1 aliphatic heterocycles. The molecule has 8 heteroatoms. The van der Waals surface area contributed by atoms with E-state index in [0.717, 1.165) is 77.9 Å². The van der Waals surface area contributed by atoms with Gasteiger partial charge in [-0.1, -0.05) is 107 Å². The molecule has 0 atom stereocenters. The summed E-state index contributed by atoms with van der Waals surface area (Å²) in [4.78, 5) is 0. The minimum atomic E-state index is -2.02. The van der Waals surface area contributed by atoms with Crippen molar-refractivity contribution in [3.63, 3.8) is 0 Å². The van der Waals surface area contributed by atoms with Gasteiger partial charge < -0.3 is 26.5 Å². The van der Waals surface area contributed by atoms with Crippen molar-refractivity contribution in [2.24, 2.45) is 0 Å². The number of rotatable bonds is 5. The zero-order valence-electron chi connectivity index (χ0n) is 35.4. The van der Waals surface area contributed by atoms with Crippen LogP contribution in [0.1, 0.15) is 128 Å². The lowest BCUT2D eigenvalue weighted by atomic mass is 9.80. The normalized spacial score (nSPS) is 14.7. The minimum Gasteiger partial charge on any atom is -0.426 e. The number of fused-ring (bicyclic) bond motifs is 3.